The first-order chi connectivity index (χ1) is 15.2. The molecule has 0 saturated carbocycles. The molecule has 1 heterocycles. The molecule has 1 fully saturated rings. The number of rotatable bonds is 7. The summed E-state index contributed by atoms with van der Waals surface area (Å²) >= 11 is 5.86. The molecule has 1 aliphatic heterocycles. The third-order valence-electron chi connectivity index (χ3n) is 5.57. The molecule has 0 spiro atoms. The van der Waals surface area contributed by atoms with E-state index in [9.17, 15) is 18.0 Å². The summed E-state index contributed by atoms with van der Waals surface area (Å²) in [7, 11) is -3.48. The van der Waals surface area contributed by atoms with Crippen molar-refractivity contribution in [1.29, 1.82) is 0 Å². The van der Waals surface area contributed by atoms with Gasteiger partial charge in [0.15, 0.2) is 0 Å². The Morgan fingerprint density at radius 2 is 1.78 bits per heavy atom. The fourth-order valence-electron chi connectivity index (χ4n) is 3.71. The standard InChI is InChI=1S/C23H27ClN2O5S/c1-3-31-23(28)20-5-4-6-21(16(20)2)25-22(27)18-11-13-26(14-12-18)32(29,30)15-17-7-9-19(24)10-8-17/h4-10,18H,3,11-15H2,1-2H3,(H,25,27). The van der Waals surface area contributed by atoms with E-state index in [1.807, 2.05) is 0 Å². The number of nitrogens with one attached hydrogen (secondary N) is 1. The van der Waals surface area contributed by atoms with E-state index in [-0.39, 0.29) is 37.3 Å². The first-order valence-corrected chi connectivity index (χ1v) is 12.5. The minimum atomic E-state index is -3.48. The molecule has 0 aliphatic carbocycles. The van der Waals surface area contributed by atoms with Gasteiger partial charge in [0, 0.05) is 29.7 Å². The Kier molecular flexibility index (Phi) is 7.92. The van der Waals surface area contributed by atoms with Gasteiger partial charge in [-0.3, -0.25) is 4.79 Å². The zero-order valence-electron chi connectivity index (χ0n) is 18.1. The van der Waals surface area contributed by atoms with Crippen LogP contribution in [0.2, 0.25) is 5.02 Å². The van der Waals surface area contributed by atoms with Gasteiger partial charge in [0.25, 0.3) is 0 Å². The lowest BCUT2D eigenvalue weighted by Crippen LogP contribution is -2.41. The van der Waals surface area contributed by atoms with Crippen molar-refractivity contribution < 1.29 is 22.7 Å². The maximum atomic E-state index is 12.8. The van der Waals surface area contributed by atoms with Crippen LogP contribution in [0.15, 0.2) is 42.5 Å². The summed E-state index contributed by atoms with van der Waals surface area (Å²) in [6.45, 7) is 4.34. The second kappa shape index (κ2) is 10.5. The number of benzene rings is 2. The van der Waals surface area contributed by atoms with Crippen molar-refractivity contribution in [1.82, 2.24) is 4.31 Å². The van der Waals surface area contributed by atoms with Crippen LogP contribution in [0.3, 0.4) is 0 Å². The van der Waals surface area contributed by atoms with Gasteiger partial charge in [-0.05, 0) is 62.1 Å². The Morgan fingerprint density at radius 1 is 1.12 bits per heavy atom. The zero-order valence-corrected chi connectivity index (χ0v) is 19.7. The van der Waals surface area contributed by atoms with Crippen LogP contribution in [0.4, 0.5) is 5.69 Å². The lowest BCUT2D eigenvalue weighted by molar-refractivity contribution is -0.120. The Bertz CT molecular complexity index is 1080. The van der Waals surface area contributed by atoms with Gasteiger partial charge in [0.05, 0.1) is 17.9 Å². The van der Waals surface area contributed by atoms with E-state index in [4.69, 9.17) is 16.3 Å². The third kappa shape index (κ3) is 5.88. The number of halogens is 1. The van der Waals surface area contributed by atoms with Crippen molar-refractivity contribution in [3.63, 3.8) is 0 Å². The van der Waals surface area contributed by atoms with Crippen LogP contribution in [0.1, 0.15) is 41.3 Å². The van der Waals surface area contributed by atoms with E-state index in [1.54, 1.807) is 56.3 Å². The van der Waals surface area contributed by atoms with Gasteiger partial charge in [-0.25, -0.2) is 17.5 Å². The number of hydrogen-bond donors (Lipinski definition) is 1. The third-order valence-corrected chi connectivity index (χ3v) is 7.67. The van der Waals surface area contributed by atoms with E-state index in [0.29, 0.717) is 40.2 Å². The predicted molar refractivity (Wildman–Crippen MR) is 124 cm³/mol. The second-order valence-electron chi connectivity index (χ2n) is 7.74. The smallest absolute Gasteiger partial charge is 0.338 e. The Morgan fingerprint density at radius 3 is 2.41 bits per heavy atom. The predicted octanol–water partition coefficient (Wildman–Crippen LogP) is 4.01. The number of anilines is 1. The van der Waals surface area contributed by atoms with Crippen LogP contribution in [0.25, 0.3) is 0 Å². The molecule has 172 valence electrons. The van der Waals surface area contributed by atoms with E-state index in [1.165, 1.54) is 4.31 Å². The van der Waals surface area contributed by atoms with Gasteiger partial charge in [-0.1, -0.05) is 29.8 Å². The molecule has 1 saturated heterocycles. The fourth-order valence-corrected chi connectivity index (χ4v) is 5.40. The number of esters is 1. The van der Waals surface area contributed by atoms with Crippen molar-refractivity contribution in [3.8, 4) is 0 Å². The van der Waals surface area contributed by atoms with Gasteiger partial charge < -0.3 is 10.1 Å². The fraction of sp³-hybridized carbons (Fsp3) is 0.391. The van der Waals surface area contributed by atoms with Crippen molar-refractivity contribution in [3.05, 3.63) is 64.2 Å². The highest BCUT2D eigenvalue weighted by atomic mass is 35.5. The van der Waals surface area contributed by atoms with Crippen LogP contribution >= 0.6 is 11.6 Å². The summed E-state index contributed by atoms with van der Waals surface area (Å²) in [5, 5.41) is 3.45. The van der Waals surface area contributed by atoms with Crippen molar-refractivity contribution in [2.75, 3.05) is 25.0 Å². The number of nitrogens with zero attached hydrogens (tertiary/aromatic N) is 1. The number of carbonyl (C=O) groups is 2. The summed E-state index contributed by atoms with van der Waals surface area (Å²) in [4.78, 5) is 24.9. The Labute approximate surface area is 193 Å². The molecule has 1 N–H and O–H groups in total. The van der Waals surface area contributed by atoms with Gasteiger partial charge in [-0.2, -0.15) is 0 Å². The highest BCUT2D eigenvalue weighted by Crippen LogP contribution is 2.25. The molecular weight excluding hydrogens is 452 g/mol. The maximum absolute atomic E-state index is 12.8. The molecule has 9 heteroatoms. The van der Waals surface area contributed by atoms with E-state index in [2.05, 4.69) is 5.32 Å². The Hall–Kier alpha value is -2.42. The van der Waals surface area contributed by atoms with Gasteiger partial charge >= 0.3 is 5.97 Å². The normalized spacial score (nSPS) is 15.3. The quantitative estimate of drug-likeness (QED) is 0.607. The minimum Gasteiger partial charge on any atom is -0.462 e. The van der Waals surface area contributed by atoms with Crippen molar-refractivity contribution in [2.24, 2.45) is 5.92 Å². The van der Waals surface area contributed by atoms with Crippen LogP contribution < -0.4 is 5.32 Å². The molecule has 1 amide bonds. The van der Waals surface area contributed by atoms with Crippen LogP contribution in [0.5, 0.6) is 0 Å². The molecule has 3 rings (SSSR count). The molecule has 7 nitrogen and oxygen atoms in total. The average molecular weight is 479 g/mol. The summed E-state index contributed by atoms with van der Waals surface area (Å²) in [5.74, 6) is -1.01. The first kappa shape index (κ1) is 24.2. The average Bonchev–Trinajstić information content (AvgIpc) is 2.77. The van der Waals surface area contributed by atoms with E-state index >= 15 is 0 Å². The number of sulfonamides is 1. The highest BCUT2D eigenvalue weighted by Gasteiger charge is 2.31. The first-order valence-electron chi connectivity index (χ1n) is 10.5. The molecule has 0 radical (unpaired) electrons. The van der Waals surface area contributed by atoms with E-state index < -0.39 is 16.0 Å². The van der Waals surface area contributed by atoms with Crippen LogP contribution in [-0.4, -0.2) is 44.3 Å². The molecule has 0 atom stereocenters. The molecule has 0 unspecified atom stereocenters. The maximum Gasteiger partial charge on any atom is 0.338 e. The van der Waals surface area contributed by atoms with Crippen LogP contribution in [0, 0.1) is 12.8 Å². The molecule has 0 aromatic heterocycles. The van der Waals surface area contributed by atoms with Gasteiger partial charge in [0.1, 0.15) is 0 Å². The topological polar surface area (TPSA) is 92.8 Å². The minimum absolute atomic E-state index is 0.0964. The summed E-state index contributed by atoms with van der Waals surface area (Å²) in [6.07, 6.45) is 0.866. The molecule has 2 aromatic carbocycles. The molecule has 2 aromatic rings. The van der Waals surface area contributed by atoms with Crippen molar-refractivity contribution >= 4 is 39.2 Å². The number of ether oxygens (including phenoxy) is 1. The lowest BCUT2D eigenvalue weighted by atomic mass is 9.96. The molecule has 1 aliphatic rings. The summed E-state index contributed by atoms with van der Waals surface area (Å²) in [6, 6.07) is 11.8. The summed E-state index contributed by atoms with van der Waals surface area (Å²) < 4.78 is 32.0. The number of amides is 1. The molecule has 0 bridgehead atoms. The zero-order chi connectivity index (χ0) is 23.3. The number of carbonyl (C=O) groups excluding carboxylic acids is 2. The lowest BCUT2D eigenvalue weighted by Gasteiger charge is -2.30. The van der Waals surface area contributed by atoms with Crippen molar-refractivity contribution in [2.45, 2.75) is 32.4 Å². The summed E-state index contributed by atoms with van der Waals surface area (Å²) in [5.41, 5.74) is 2.28. The number of hydrogen-bond acceptors (Lipinski definition) is 5. The van der Waals surface area contributed by atoms with Gasteiger partial charge in [-0.15, -0.1) is 0 Å². The molecular formula is C23H27ClN2O5S. The SMILES string of the molecule is CCOC(=O)c1cccc(NC(=O)C2CCN(S(=O)(=O)Cc3ccc(Cl)cc3)CC2)c1C. The number of piperidine rings is 1. The van der Waals surface area contributed by atoms with E-state index in [0.717, 1.165) is 0 Å². The van der Waals surface area contributed by atoms with Crippen LogP contribution in [-0.2, 0) is 25.3 Å². The molecule has 32 heavy (non-hydrogen) atoms. The monoisotopic (exact) mass is 478 g/mol. The largest absolute Gasteiger partial charge is 0.462 e. The second-order valence-corrected chi connectivity index (χ2v) is 10.1. The Balaban J connectivity index is 1.59. The highest BCUT2D eigenvalue weighted by molar-refractivity contribution is 7.88. The van der Waals surface area contributed by atoms with Gasteiger partial charge in [0.2, 0.25) is 15.9 Å².